The lowest BCUT2D eigenvalue weighted by molar-refractivity contribution is -0.284. The molecule has 0 spiro atoms. The molecule has 2 amide bonds. The van der Waals surface area contributed by atoms with E-state index in [0.29, 0.717) is 16.6 Å². The average molecular weight is 609 g/mol. The van der Waals surface area contributed by atoms with Gasteiger partial charge in [0.1, 0.15) is 11.5 Å². The minimum atomic E-state index is -5.64. The Labute approximate surface area is 234 Å². The van der Waals surface area contributed by atoms with E-state index < -0.39 is 54.5 Å². The van der Waals surface area contributed by atoms with E-state index in [4.69, 9.17) is 0 Å². The first-order chi connectivity index (χ1) is 19.4. The Morgan fingerprint density at radius 2 is 1.71 bits per heavy atom. The van der Waals surface area contributed by atoms with E-state index in [0.717, 1.165) is 0 Å². The van der Waals surface area contributed by atoms with Gasteiger partial charge in [-0.2, -0.15) is 31.4 Å². The molecule has 2 atom stereocenters. The van der Waals surface area contributed by atoms with Crippen LogP contribution in [0.1, 0.15) is 73.0 Å². The number of H-pyrrole nitrogens is 1. The van der Waals surface area contributed by atoms with E-state index in [1.807, 2.05) is 0 Å². The second kappa shape index (κ2) is 11.5. The molecule has 8 nitrogen and oxygen atoms in total. The number of carbonyl (C=O) groups is 2. The minimum Gasteiger partial charge on any atom is -0.350 e. The number of aryl methyl sites for hydroxylation is 1. The molecule has 4 rings (SSSR count). The van der Waals surface area contributed by atoms with Crippen molar-refractivity contribution in [3.05, 3.63) is 47.5 Å². The van der Waals surface area contributed by atoms with E-state index >= 15 is 0 Å². The fourth-order valence-corrected chi connectivity index (χ4v) is 5.07. The topological polar surface area (TPSA) is 105 Å². The lowest BCUT2D eigenvalue weighted by Crippen LogP contribution is -2.41. The Hall–Kier alpha value is -3.72. The molecule has 1 saturated carbocycles. The Morgan fingerprint density at radius 3 is 2.29 bits per heavy atom. The van der Waals surface area contributed by atoms with Gasteiger partial charge in [-0.25, -0.2) is 13.8 Å². The number of amides is 2. The van der Waals surface area contributed by atoms with Crippen molar-refractivity contribution < 1.29 is 44.7 Å². The van der Waals surface area contributed by atoms with Gasteiger partial charge in [0.2, 0.25) is 11.8 Å². The van der Waals surface area contributed by atoms with Crippen molar-refractivity contribution >= 4 is 22.8 Å². The molecule has 1 aromatic carbocycles. The number of nitrogens with zero attached hydrogens (tertiary/aromatic N) is 3. The minimum absolute atomic E-state index is 0.117. The van der Waals surface area contributed by atoms with Crippen LogP contribution in [0.3, 0.4) is 0 Å². The summed E-state index contributed by atoms with van der Waals surface area (Å²) in [5.74, 6) is -8.63. The summed E-state index contributed by atoms with van der Waals surface area (Å²) < 4.78 is 106. The number of imidazole rings is 1. The van der Waals surface area contributed by atoms with E-state index in [1.165, 1.54) is 42.1 Å². The number of hydrogen-bond donors (Lipinski definition) is 3. The highest BCUT2D eigenvalue weighted by atomic mass is 19.4. The molecule has 16 heteroatoms. The summed E-state index contributed by atoms with van der Waals surface area (Å²) in [5, 5.41) is 8.99. The Balaban J connectivity index is 1.55. The number of rotatable bonds is 8. The van der Waals surface area contributed by atoms with Crippen molar-refractivity contribution in [2.75, 3.05) is 0 Å². The summed E-state index contributed by atoms with van der Waals surface area (Å²) in [5.41, 5.74) is 1.40. The predicted molar refractivity (Wildman–Crippen MR) is 133 cm³/mol. The molecule has 1 fully saturated rings. The molecule has 0 radical (unpaired) electrons. The molecule has 2 heterocycles. The van der Waals surface area contributed by atoms with Gasteiger partial charge < -0.3 is 15.6 Å². The molecule has 3 aromatic rings. The second-order valence-electron chi connectivity index (χ2n) is 10.5. The Morgan fingerprint density at radius 1 is 1.07 bits per heavy atom. The maximum absolute atomic E-state index is 13.9. The zero-order chi connectivity index (χ0) is 31.0. The molecule has 1 aliphatic rings. The van der Waals surface area contributed by atoms with Gasteiger partial charge in [0.05, 0.1) is 23.1 Å². The van der Waals surface area contributed by atoms with Gasteiger partial charge in [0.25, 0.3) is 5.91 Å². The SMILES string of the molecule is C[C@@H](NC(=O)CC(C(F)(F)F)C(F)(F)F)c1ccc2nc([C@@H](NC(=O)c3ccnn3C)C3CCC(F)(F)CC3)[nH]c2c1. The number of nitrogens with one attached hydrogen (secondary N) is 3. The summed E-state index contributed by atoms with van der Waals surface area (Å²) in [4.78, 5) is 32.7. The zero-order valence-electron chi connectivity index (χ0n) is 22.4. The van der Waals surface area contributed by atoms with Crippen molar-refractivity contribution in [1.29, 1.82) is 0 Å². The molecule has 0 aliphatic heterocycles. The predicted octanol–water partition coefficient (Wildman–Crippen LogP) is 5.90. The molecule has 230 valence electrons. The fraction of sp³-hybridized carbons (Fsp3) is 0.538. The first kappa shape index (κ1) is 31.2. The number of halogens is 8. The highest BCUT2D eigenvalue weighted by Gasteiger charge is 2.57. The second-order valence-corrected chi connectivity index (χ2v) is 10.5. The van der Waals surface area contributed by atoms with Crippen LogP contribution in [0.2, 0.25) is 0 Å². The van der Waals surface area contributed by atoms with Crippen LogP contribution in [0.4, 0.5) is 35.1 Å². The Kier molecular flexibility index (Phi) is 8.56. The van der Waals surface area contributed by atoms with Gasteiger partial charge in [-0.15, -0.1) is 0 Å². The van der Waals surface area contributed by atoms with Crippen LogP contribution in [-0.2, 0) is 11.8 Å². The van der Waals surface area contributed by atoms with Crippen molar-refractivity contribution in [3.63, 3.8) is 0 Å². The third kappa shape index (κ3) is 7.18. The quantitative estimate of drug-likeness (QED) is 0.277. The maximum Gasteiger partial charge on any atom is 0.400 e. The van der Waals surface area contributed by atoms with Gasteiger partial charge in [0, 0.05) is 32.5 Å². The number of hydrogen-bond acceptors (Lipinski definition) is 4. The molecule has 3 N–H and O–H groups in total. The molecular formula is C26H28F8N6O2. The van der Waals surface area contributed by atoms with Crippen molar-refractivity contribution in [3.8, 4) is 0 Å². The lowest BCUT2D eigenvalue weighted by atomic mass is 9.81. The van der Waals surface area contributed by atoms with Crippen LogP contribution in [-0.4, -0.2) is 49.8 Å². The van der Waals surface area contributed by atoms with Crippen LogP contribution >= 0.6 is 0 Å². The highest BCUT2D eigenvalue weighted by Crippen LogP contribution is 2.42. The fourth-order valence-electron chi connectivity index (χ4n) is 5.07. The summed E-state index contributed by atoms with van der Waals surface area (Å²) in [6.45, 7) is 1.39. The van der Waals surface area contributed by atoms with Crippen LogP contribution in [0, 0.1) is 11.8 Å². The molecule has 42 heavy (non-hydrogen) atoms. The number of carbonyl (C=O) groups excluding carboxylic acids is 2. The van der Waals surface area contributed by atoms with Crippen LogP contribution in [0.15, 0.2) is 30.5 Å². The van der Waals surface area contributed by atoms with Gasteiger partial charge in [-0.05, 0) is 49.4 Å². The summed E-state index contributed by atoms with van der Waals surface area (Å²) in [7, 11) is 1.57. The highest BCUT2D eigenvalue weighted by molar-refractivity contribution is 5.92. The first-order valence-electron chi connectivity index (χ1n) is 13.0. The normalized spacial score (nSPS) is 17.8. The molecular weight excluding hydrogens is 580 g/mol. The van der Waals surface area contributed by atoms with Crippen LogP contribution < -0.4 is 10.6 Å². The van der Waals surface area contributed by atoms with E-state index in [2.05, 4.69) is 25.7 Å². The van der Waals surface area contributed by atoms with Gasteiger partial charge in [-0.3, -0.25) is 14.3 Å². The lowest BCUT2D eigenvalue weighted by Gasteiger charge is -2.33. The summed E-state index contributed by atoms with van der Waals surface area (Å²) >= 11 is 0. The molecule has 0 unspecified atom stereocenters. The standard InChI is InChI=1S/C26H28F8N6O2/c1-13(36-20(41)12-19(25(29,30)31)26(32,33)34)15-3-4-16-17(11-15)38-22(37-16)21(14-5-8-24(27,28)9-6-14)39-23(42)18-7-10-35-40(18)2/h3-4,7,10-11,13-14,19,21H,5-6,8-9,12H2,1-2H3,(H,36,41)(H,37,38)(H,39,42)/t13-,21+/m1/s1. The van der Waals surface area contributed by atoms with Crippen molar-refractivity contribution in [2.24, 2.45) is 18.9 Å². The van der Waals surface area contributed by atoms with Gasteiger partial charge >= 0.3 is 12.4 Å². The number of fused-ring (bicyclic) bond motifs is 1. The first-order valence-corrected chi connectivity index (χ1v) is 13.0. The molecule has 0 bridgehead atoms. The number of benzene rings is 1. The number of aromatic nitrogens is 4. The number of aromatic amines is 1. The summed E-state index contributed by atoms with van der Waals surface area (Å²) in [6.07, 6.45) is -12.1. The third-order valence-electron chi connectivity index (χ3n) is 7.45. The average Bonchev–Trinajstić information content (AvgIpc) is 3.50. The Bertz CT molecular complexity index is 1410. The van der Waals surface area contributed by atoms with E-state index in [1.54, 1.807) is 7.05 Å². The van der Waals surface area contributed by atoms with Crippen molar-refractivity contribution in [2.45, 2.75) is 69.4 Å². The number of alkyl halides is 8. The maximum atomic E-state index is 13.9. The van der Waals surface area contributed by atoms with E-state index in [9.17, 15) is 44.7 Å². The van der Waals surface area contributed by atoms with Crippen molar-refractivity contribution in [1.82, 2.24) is 30.4 Å². The molecule has 1 aliphatic carbocycles. The third-order valence-corrected chi connectivity index (χ3v) is 7.45. The van der Waals surface area contributed by atoms with Crippen LogP contribution in [0.5, 0.6) is 0 Å². The zero-order valence-corrected chi connectivity index (χ0v) is 22.4. The van der Waals surface area contributed by atoms with Gasteiger partial charge in [-0.1, -0.05) is 6.07 Å². The van der Waals surface area contributed by atoms with E-state index in [-0.39, 0.29) is 43.1 Å². The summed E-state index contributed by atoms with van der Waals surface area (Å²) in [6, 6.07) is 4.28. The monoisotopic (exact) mass is 608 g/mol. The molecule has 2 aromatic heterocycles. The largest absolute Gasteiger partial charge is 0.400 e. The van der Waals surface area contributed by atoms with Crippen LogP contribution in [0.25, 0.3) is 11.0 Å². The molecule has 0 saturated heterocycles. The van der Waals surface area contributed by atoms with Gasteiger partial charge in [0.15, 0.2) is 5.92 Å². The smallest absolute Gasteiger partial charge is 0.350 e.